The Labute approximate surface area is 78.3 Å². The summed E-state index contributed by atoms with van der Waals surface area (Å²) >= 11 is 0. The molecule has 0 spiro atoms. The van der Waals surface area contributed by atoms with Crippen LogP contribution >= 0.6 is 0 Å². The van der Waals surface area contributed by atoms with Gasteiger partial charge in [0.1, 0.15) is 5.54 Å². The van der Waals surface area contributed by atoms with Gasteiger partial charge in [-0.1, -0.05) is 0 Å². The maximum Gasteiger partial charge on any atom is 0.224 e. The minimum atomic E-state index is -0.446. The summed E-state index contributed by atoms with van der Waals surface area (Å²) in [7, 11) is 0. The van der Waals surface area contributed by atoms with Crippen LogP contribution in [0.1, 0.15) is 39.5 Å². The number of nitriles is 1. The predicted molar refractivity (Wildman–Crippen MR) is 47.7 cm³/mol. The van der Waals surface area contributed by atoms with Crippen LogP contribution in [-0.4, -0.2) is 21.9 Å². The molecule has 2 saturated heterocycles. The maximum absolute atomic E-state index is 11.6. The van der Waals surface area contributed by atoms with Gasteiger partial charge in [-0.3, -0.25) is 4.79 Å². The van der Waals surface area contributed by atoms with Crippen molar-refractivity contribution < 1.29 is 4.79 Å². The Balaban J connectivity index is 2.33. The average Bonchev–Trinajstić information content (AvgIpc) is 2.01. The van der Waals surface area contributed by atoms with E-state index in [1.807, 2.05) is 13.8 Å². The van der Waals surface area contributed by atoms with Crippen molar-refractivity contribution in [3.63, 3.8) is 0 Å². The van der Waals surface area contributed by atoms with Crippen molar-refractivity contribution in [1.82, 2.24) is 4.90 Å². The van der Waals surface area contributed by atoms with E-state index < -0.39 is 5.54 Å². The third-order valence-electron chi connectivity index (χ3n) is 3.20. The Morgan fingerprint density at radius 2 is 2.23 bits per heavy atom. The van der Waals surface area contributed by atoms with Gasteiger partial charge in [0.25, 0.3) is 0 Å². The van der Waals surface area contributed by atoms with E-state index in [0.717, 1.165) is 19.3 Å². The van der Waals surface area contributed by atoms with Crippen LogP contribution in [0.15, 0.2) is 0 Å². The lowest BCUT2D eigenvalue weighted by Gasteiger charge is -2.62. The first-order chi connectivity index (χ1) is 6.02. The van der Waals surface area contributed by atoms with Gasteiger partial charge in [-0.05, 0) is 26.7 Å². The average molecular weight is 178 g/mol. The molecule has 1 atom stereocenters. The van der Waals surface area contributed by atoms with E-state index in [4.69, 9.17) is 5.26 Å². The standard InChI is InChI=1S/C10H14N2O/c1-9(2)6-10(7-11)5-3-4-8(13)12(9)10/h3-6H2,1-2H3/t10-/m0/s1. The molecule has 3 nitrogen and oxygen atoms in total. The van der Waals surface area contributed by atoms with Gasteiger partial charge in [0.05, 0.1) is 6.07 Å². The highest BCUT2D eigenvalue weighted by Crippen LogP contribution is 2.49. The third kappa shape index (κ3) is 0.918. The molecule has 13 heavy (non-hydrogen) atoms. The summed E-state index contributed by atoms with van der Waals surface area (Å²) in [5.74, 6) is 0.157. The molecule has 2 heterocycles. The van der Waals surface area contributed by atoms with Crippen molar-refractivity contribution in [2.45, 2.75) is 50.6 Å². The number of hydrogen-bond acceptors (Lipinski definition) is 2. The van der Waals surface area contributed by atoms with Crippen LogP contribution < -0.4 is 0 Å². The smallest absolute Gasteiger partial charge is 0.224 e. The molecule has 0 aromatic rings. The number of piperidine rings is 1. The largest absolute Gasteiger partial charge is 0.319 e. The summed E-state index contributed by atoms with van der Waals surface area (Å²) in [4.78, 5) is 13.4. The lowest BCUT2D eigenvalue weighted by atomic mass is 9.66. The van der Waals surface area contributed by atoms with Crippen molar-refractivity contribution >= 4 is 5.91 Å². The number of fused-ring (bicyclic) bond motifs is 1. The summed E-state index contributed by atoms with van der Waals surface area (Å²) in [5.41, 5.74) is -0.536. The molecule has 0 aromatic heterocycles. The minimum Gasteiger partial charge on any atom is -0.319 e. The second-order valence-electron chi connectivity index (χ2n) is 4.72. The highest BCUT2D eigenvalue weighted by atomic mass is 16.2. The molecule has 0 aliphatic carbocycles. The molecule has 0 bridgehead atoms. The normalized spacial score (nSPS) is 36.1. The predicted octanol–water partition coefficient (Wildman–Crippen LogP) is 1.44. The molecular formula is C10H14N2O. The molecule has 2 aliphatic heterocycles. The van der Waals surface area contributed by atoms with E-state index in [2.05, 4.69) is 6.07 Å². The van der Waals surface area contributed by atoms with Gasteiger partial charge < -0.3 is 4.90 Å². The van der Waals surface area contributed by atoms with E-state index in [9.17, 15) is 4.79 Å². The SMILES string of the molecule is CC1(C)C[C@]2(C#N)CCCC(=O)N12. The highest BCUT2D eigenvalue weighted by molar-refractivity contribution is 5.81. The third-order valence-corrected chi connectivity index (χ3v) is 3.20. The fourth-order valence-corrected chi connectivity index (χ4v) is 2.93. The van der Waals surface area contributed by atoms with Crippen LogP contribution in [-0.2, 0) is 4.79 Å². The van der Waals surface area contributed by atoms with E-state index >= 15 is 0 Å². The Kier molecular flexibility index (Phi) is 1.48. The highest BCUT2D eigenvalue weighted by Gasteiger charge is 2.60. The Morgan fingerprint density at radius 1 is 1.54 bits per heavy atom. The summed E-state index contributed by atoms with van der Waals surface area (Å²) in [6.45, 7) is 4.07. The topological polar surface area (TPSA) is 44.1 Å². The van der Waals surface area contributed by atoms with Crippen LogP contribution in [0.3, 0.4) is 0 Å². The zero-order chi connectivity index (χ0) is 9.69. The van der Waals surface area contributed by atoms with Crippen molar-refractivity contribution in [3.05, 3.63) is 0 Å². The lowest BCUT2D eigenvalue weighted by molar-refractivity contribution is -0.170. The number of carbonyl (C=O) groups is 1. The molecule has 70 valence electrons. The van der Waals surface area contributed by atoms with Crippen LogP contribution in [0.4, 0.5) is 0 Å². The van der Waals surface area contributed by atoms with Crippen LogP contribution in [0.25, 0.3) is 0 Å². The van der Waals surface area contributed by atoms with E-state index in [1.54, 1.807) is 4.90 Å². The van der Waals surface area contributed by atoms with Crippen molar-refractivity contribution in [1.29, 1.82) is 5.26 Å². The van der Waals surface area contributed by atoms with Crippen LogP contribution in [0.2, 0.25) is 0 Å². The van der Waals surface area contributed by atoms with E-state index in [-0.39, 0.29) is 11.4 Å². The van der Waals surface area contributed by atoms with Crippen molar-refractivity contribution in [2.75, 3.05) is 0 Å². The summed E-state index contributed by atoms with van der Waals surface area (Å²) in [6, 6.07) is 2.31. The van der Waals surface area contributed by atoms with Gasteiger partial charge in [0, 0.05) is 18.4 Å². The Morgan fingerprint density at radius 3 is 2.69 bits per heavy atom. The molecule has 0 saturated carbocycles. The lowest BCUT2D eigenvalue weighted by Crippen LogP contribution is -2.73. The molecule has 0 radical (unpaired) electrons. The van der Waals surface area contributed by atoms with Gasteiger partial charge in [-0.2, -0.15) is 5.26 Å². The molecular weight excluding hydrogens is 164 g/mol. The number of nitrogens with zero attached hydrogens (tertiary/aromatic N) is 2. The molecule has 1 amide bonds. The number of carbonyl (C=O) groups excluding carboxylic acids is 1. The van der Waals surface area contributed by atoms with Crippen molar-refractivity contribution in [3.8, 4) is 6.07 Å². The van der Waals surface area contributed by atoms with Gasteiger partial charge in [0.15, 0.2) is 0 Å². The van der Waals surface area contributed by atoms with Crippen molar-refractivity contribution in [2.24, 2.45) is 0 Å². The van der Waals surface area contributed by atoms with Gasteiger partial charge in [-0.15, -0.1) is 0 Å². The van der Waals surface area contributed by atoms with E-state index in [1.165, 1.54) is 0 Å². The first-order valence-corrected chi connectivity index (χ1v) is 4.76. The number of amides is 1. The van der Waals surface area contributed by atoms with Gasteiger partial charge in [-0.25, -0.2) is 0 Å². The van der Waals surface area contributed by atoms with Crippen LogP contribution in [0.5, 0.6) is 0 Å². The maximum atomic E-state index is 11.6. The summed E-state index contributed by atoms with van der Waals surface area (Å²) in [6.07, 6.45) is 3.19. The minimum absolute atomic E-state index is 0.0900. The molecule has 0 unspecified atom stereocenters. The number of hydrogen-bond donors (Lipinski definition) is 0. The van der Waals surface area contributed by atoms with Gasteiger partial charge in [0.2, 0.25) is 5.91 Å². The summed E-state index contributed by atoms with van der Waals surface area (Å²) in [5, 5.41) is 9.08. The zero-order valence-corrected chi connectivity index (χ0v) is 8.13. The Bertz CT molecular complexity index is 303. The molecule has 0 N–H and O–H groups in total. The molecule has 2 aliphatic rings. The second kappa shape index (κ2) is 2.25. The summed E-state index contributed by atoms with van der Waals surface area (Å²) < 4.78 is 0. The molecule has 2 rings (SSSR count). The fraction of sp³-hybridized carbons (Fsp3) is 0.800. The quantitative estimate of drug-likeness (QED) is 0.563. The first-order valence-electron chi connectivity index (χ1n) is 4.76. The molecule has 2 fully saturated rings. The Hall–Kier alpha value is -1.04. The monoisotopic (exact) mass is 178 g/mol. The number of rotatable bonds is 0. The first kappa shape index (κ1) is 8.55. The van der Waals surface area contributed by atoms with Crippen LogP contribution in [0, 0.1) is 11.3 Å². The fourth-order valence-electron chi connectivity index (χ4n) is 2.93. The zero-order valence-electron chi connectivity index (χ0n) is 8.13. The molecule has 0 aromatic carbocycles. The van der Waals surface area contributed by atoms with Gasteiger partial charge >= 0.3 is 0 Å². The second-order valence-corrected chi connectivity index (χ2v) is 4.72. The molecule has 3 heteroatoms. The van der Waals surface area contributed by atoms with E-state index in [0.29, 0.717) is 6.42 Å².